The zero-order valence-electron chi connectivity index (χ0n) is 12.8. The van der Waals surface area contributed by atoms with E-state index in [9.17, 15) is 22.8 Å². The van der Waals surface area contributed by atoms with Gasteiger partial charge in [0.1, 0.15) is 6.04 Å². The molecular weight excluding hydrogens is 401 g/mol. The second-order valence-electron chi connectivity index (χ2n) is 5.30. The second kappa shape index (κ2) is 7.69. The molecule has 0 saturated heterocycles. The average molecular weight is 415 g/mol. The van der Waals surface area contributed by atoms with E-state index in [-0.39, 0.29) is 12.0 Å². The number of carbonyl (C=O) groups excluding carboxylic acids is 2. The summed E-state index contributed by atoms with van der Waals surface area (Å²) in [6.45, 7) is 0. The Morgan fingerprint density at radius 1 is 1.12 bits per heavy atom. The van der Waals surface area contributed by atoms with Crippen molar-refractivity contribution in [1.29, 1.82) is 0 Å². The van der Waals surface area contributed by atoms with Crippen LogP contribution in [-0.4, -0.2) is 17.9 Å². The molecule has 2 aromatic rings. The molecule has 25 heavy (non-hydrogen) atoms. The minimum absolute atomic E-state index is 0.113. The number of primary amides is 1. The molecule has 1 atom stereocenters. The summed E-state index contributed by atoms with van der Waals surface area (Å²) < 4.78 is 39.0. The molecule has 0 heterocycles. The number of nitrogens with one attached hydrogen (secondary N) is 1. The lowest BCUT2D eigenvalue weighted by atomic mass is 10.0. The van der Waals surface area contributed by atoms with Crippen LogP contribution in [0.5, 0.6) is 0 Å². The lowest BCUT2D eigenvalue weighted by molar-refractivity contribution is -0.137. The van der Waals surface area contributed by atoms with Crippen molar-refractivity contribution >= 4 is 27.7 Å². The highest BCUT2D eigenvalue weighted by Gasteiger charge is 2.31. The quantitative estimate of drug-likeness (QED) is 0.787. The summed E-state index contributed by atoms with van der Waals surface area (Å²) in [5.41, 5.74) is 4.90. The molecule has 0 aliphatic heterocycles. The van der Waals surface area contributed by atoms with Crippen LogP contribution in [0.2, 0.25) is 0 Å². The van der Waals surface area contributed by atoms with Gasteiger partial charge in [0, 0.05) is 16.5 Å². The zero-order chi connectivity index (χ0) is 18.6. The van der Waals surface area contributed by atoms with Crippen molar-refractivity contribution in [3.05, 3.63) is 69.7 Å². The summed E-state index contributed by atoms with van der Waals surface area (Å²) in [6, 6.07) is 9.96. The molecule has 0 spiro atoms. The Morgan fingerprint density at radius 3 is 2.40 bits per heavy atom. The summed E-state index contributed by atoms with van der Waals surface area (Å²) in [6.07, 6.45) is -4.45. The number of amides is 2. The van der Waals surface area contributed by atoms with Gasteiger partial charge in [-0.25, -0.2) is 0 Å². The Kier molecular flexibility index (Phi) is 5.84. The van der Waals surface area contributed by atoms with Gasteiger partial charge in [0.25, 0.3) is 5.91 Å². The number of hydrogen-bond donors (Lipinski definition) is 2. The maximum Gasteiger partial charge on any atom is 0.416 e. The first-order valence-electron chi connectivity index (χ1n) is 7.19. The highest BCUT2D eigenvalue weighted by atomic mass is 79.9. The van der Waals surface area contributed by atoms with E-state index in [0.29, 0.717) is 0 Å². The number of nitrogens with two attached hydrogens (primary N) is 1. The van der Waals surface area contributed by atoms with Crippen LogP contribution in [0.1, 0.15) is 21.5 Å². The van der Waals surface area contributed by atoms with Gasteiger partial charge in [-0.2, -0.15) is 13.2 Å². The molecule has 132 valence electrons. The molecule has 0 saturated carbocycles. The first-order valence-corrected chi connectivity index (χ1v) is 7.98. The highest BCUT2D eigenvalue weighted by Crippen LogP contribution is 2.29. The number of hydrogen-bond acceptors (Lipinski definition) is 2. The van der Waals surface area contributed by atoms with Gasteiger partial charge < -0.3 is 11.1 Å². The summed E-state index contributed by atoms with van der Waals surface area (Å²) >= 11 is 3.33. The van der Waals surface area contributed by atoms with E-state index in [4.69, 9.17) is 5.73 Å². The van der Waals surface area contributed by atoms with Gasteiger partial charge in [0.05, 0.1) is 5.56 Å². The first kappa shape index (κ1) is 19.0. The fraction of sp³-hybridized carbons (Fsp3) is 0.176. The molecule has 4 nitrogen and oxygen atoms in total. The third kappa shape index (κ3) is 5.06. The lowest BCUT2D eigenvalue weighted by Gasteiger charge is -2.17. The number of rotatable bonds is 5. The van der Waals surface area contributed by atoms with Crippen molar-refractivity contribution in [3.8, 4) is 0 Å². The van der Waals surface area contributed by atoms with Crippen LogP contribution in [0.25, 0.3) is 0 Å². The van der Waals surface area contributed by atoms with Gasteiger partial charge in [-0.3, -0.25) is 9.59 Å². The lowest BCUT2D eigenvalue weighted by Crippen LogP contribution is -2.46. The molecule has 8 heteroatoms. The van der Waals surface area contributed by atoms with Crippen LogP contribution in [0.3, 0.4) is 0 Å². The fourth-order valence-electron chi connectivity index (χ4n) is 2.18. The highest BCUT2D eigenvalue weighted by molar-refractivity contribution is 9.10. The van der Waals surface area contributed by atoms with E-state index in [0.717, 1.165) is 28.2 Å². The van der Waals surface area contributed by atoms with Gasteiger partial charge >= 0.3 is 6.18 Å². The predicted octanol–water partition coefficient (Wildman–Crippen LogP) is 3.29. The number of carbonyl (C=O) groups is 2. The standard InChI is InChI=1S/C17H14BrF3N2O2/c18-13-7-2-1-4-10(13)9-14(15(22)24)23-16(25)11-5-3-6-12(8-11)17(19,20)21/h1-8,14H,9H2,(H2,22,24)(H,23,25)/t14-/m0/s1. The Morgan fingerprint density at radius 2 is 1.80 bits per heavy atom. The number of benzene rings is 2. The third-order valence-electron chi connectivity index (χ3n) is 3.48. The van der Waals surface area contributed by atoms with Gasteiger partial charge in [0.2, 0.25) is 5.91 Å². The molecular formula is C17H14BrF3N2O2. The topological polar surface area (TPSA) is 72.2 Å². The van der Waals surface area contributed by atoms with Crippen molar-refractivity contribution in [2.45, 2.75) is 18.6 Å². The van der Waals surface area contributed by atoms with Gasteiger partial charge in [-0.1, -0.05) is 40.2 Å². The van der Waals surface area contributed by atoms with Crippen molar-refractivity contribution in [3.63, 3.8) is 0 Å². The summed E-state index contributed by atoms with van der Waals surface area (Å²) in [7, 11) is 0. The monoisotopic (exact) mass is 414 g/mol. The Balaban J connectivity index is 2.18. The summed E-state index contributed by atoms with van der Waals surface area (Å²) in [5.74, 6) is -1.59. The molecule has 0 fully saturated rings. The summed E-state index contributed by atoms with van der Waals surface area (Å²) in [5, 5.41) is 2.39. The molecule has 0 unspecified atom stereocenters. The van der Waals surface area contributed by atoms with Crippen molar-refractivity contribution < 1.29 is 22.8 Å². The minimum Gasteiger partial charge on any atom is -0.368 e. The Bertz CT molecular complexity index is 793. The van der Waals surface area contributed by atoms with Crippen LogP contribution in [-0.2, 0) is 17.4 Å². The summed E-state index contributed by atoms with van der Waals surface area (Å²) in [4.78, 5) is 23.8. The van der Waals surface area contributed by atoms with Gasteiger partial charge in [-0.15, -0.1) is 0 Å². The van der Waals surface area contributed by atoms with Gasteiger partial charge in [0.15, 0.2) is 0 Å². The SMILES string of the molecule is NC(=O)[C@H](Cc1ccccc1Br)NC(=O)c1cccc(C(F)(F)F)c1. The van der Waals surface area contributed by atoms with Crippen LogP contribution in [0, 0.1) is 0 Å². The molecule has 3 N–H and O–H groups in total. The van der Waals surface area contributed by atoms with Crippen LogP contribution < -0.4 is 11.1 Å². The zero-order valence-corrected chi connectivity index (χ0v) is 14.4. The van der Waals surface area contributed by atoms with Crippen molar-refractivity contribution in [2.75, 3.05) is 0 Å². The van der Waals surface area contributed by atoms with Gasteiger partial charge in [-0.05, 0) is 29.8 Å². The van der Waals surface area contributed by atoms with Crippen LogP contribution >= 0.6 is 15.9 Å². The van der Waals surface area contributed by atoms with E-state index >= 15 is 0 Å². The third-order valence-corrected chi connectivity index (χ3v) is 4.26. The molecule has 0 aromatic heterocycles. The van der Waals surface area contributed by atoms with Crippen molar-refractivity contribution in [1.82, 2.24) is 5.32 Å². The van der Waals surface area contributed by atoms with Crippen LogP contribution in [0.4, 0.5) is 13.2 Å². The smallest absolute Gasteiger partial charge is 0.368 e. The largest absolute Gasteiger partial charge is 0.416 e. The van der Waals surface area contributed by atoms with E-state index < -0.39 is 29.6 Å². The molecule has 2 amide bonds. The Hall–Kier alpha value is -2.35. The first-order chi connectivity index (χ1) is 11.7. The predicted molar refractivity (Wildman–Crippen MR) is 89.7 cm³/mol. The van der Waals surface area contributed by atoms with E-state index in [2.05, 4.69) is 21.2 Å². The number of alkyl halides is 3. The maximum absolute atomic E-state index is 12.7. The van der Waals surface area contributed by atoms with E-state index in [1.807, 2.05) is 0 Å². The van der Waals surface area contributed by atoms with Crippen LogP contribution in [0.15, 0.2) is 53.0 Å². The fourth-order valence-corrected chi connectivity index (χ4v) is 2.63. The number of halogens is 4. The van der Waals surface area contributed by atoms with E-state index in [1.54, 1.807) is 24.3 Å². The maximum atomic E-state index is 12.7. The normalized spacial score (nSPS) is 12.5. The molecule has 0 aliphatic rings. The average Bonchev–Trinajstić information content (AvgIpc) is 2.55. The molecule has 0 aliphatic carbocycles. The second-order valence-corrected chi connectivity index (χ2v) is 6.16. The molecule has 0 radical (unpaired) electrons. The molecule has 2 rings (SSSR count). The Labute approximate surface area is 150 Å². The van der Waals surface area contributed by atoms with E-state index in [1.165, 1.54) is 6.07 Å². The molecule has 2 aromatic carbocycles. The van der Waals surface area contributed by atoms with Crippen molar-refractivity contribution in [2.24, 2.45) is 5.73 Å². The molecule has 0 bridgehead atoms. The minimum atomic E-state index is -4.56.